The maximum atomic E-state index is 9.07. The minimum absolute atomic E-state index is 0.668. The van der Waals surface area contributed by atoms with Crippen LogP contribution in [0.5, 0.6) is 0 Å². The molecule has 0 amide bonds. The highest BCUT2D eigenvalue weighted by Gasteiger charge is 2.00. The van der Waals surface area contributed by atoms with Gasteiger partial charge in [-0.2, -0.15) is 10.5 Å². The van der Waals surface area contributed by atoms with Gasteiger partial charge in [-0.15, -0.1) is 0 Å². The van der Waals surface area contributed by atoms with Gasteiger partial charge in [-0.3, -0.25) is 0 Å². The fourth-order valence-electron chi connectivity index (χ4n) is 3.96. The van der Waals surface area contributed by atoms with Crippen molar-refractivity contribution in [3.05, 3.63) is 119 Å². The van der Waals surface area contributed by atoms with E-state index in [0.717, 1.165) is 65.5 Å². The maximum absolute atomic E-state index is 9.07. The first-order chi connectivity index (χ1) is 18.2. The zero-order chi connectivity index (χ0) is 25.7. The monoisotopic (exact) mass is 474 g/mol. The van der Waals surface area contributed by atoms with E-state index in [1.165, 1.54) is 0 Å². The maximum Gasteiger partial charge on any atom is 0.0991 e. The van der Waals surface area contributed by atoms with E-state index in [2.05, 4.69) is 60.1 Å². The summed E-state index contributed by atoms with van der Waals surface area (Å²) in [5, 5.41) is 18.1. The molecule has 0 saturated heterocycles. The molecule has 0 radical (unpaired) electrons. The fourth-order valence-corrected chi connectivity index (χ4v) is 3.96. The summed E-state index contributed by atoms with van der Waals surface area (Å²) in [6, 6.07) is 36.0. The third-order valence-corrected chi connectivity index (χ3v) is 5.99. The van der Waals surface area contributed by atoms with E-state index in [-0.39, 0.29) is 0 Å². The van der Waals surface area contributed by atoms with Crippen molar-refractivity contribution in [3.8, 4) is 58.1 Å². The van der Waals surface area contributed by atoms with Gasteiger partial charge in [0.1, 0.15) is 0 Å². The molecule has 0 N–H and O–H groups in total. The molecule has 2 nitrogen and oxygen atoms in total. The molecule has 0 saturated carbocycles. The third-order valence-electron chi connectivity index (χ3n) is 5.99. The Morgan fingerprint density at radius 3 is 1.27 bits per heavy atom. The van der Waals surface area contributed by atoms with Gasteiger partial charge >= 0.3 is 0 Å². The van der Waals surface area contributed by atoms with Crippen LogP contribution in [0.4, 0.5) is 0 Å². The smallest absolute Gasteiger partial charge is 0.0991 e. The fraction of sp³-hybridized carbons (Fsp3) is 0.143. The van der Waals surface area contributed by atoms with Crippen LogP contribution in [0, 0.1) is 46.3 Å². The highest BCUT2D eigenvalue weighted by molar-refractivity contribution is 5.67. The highest BCUT2D eigenvalue weighted by Crippen LogP contribution is 2.22. The summed E-state index contributed by atoms with van der Waals surface area (Å²) >= 11 is 0. The largest absolute Gasteiger partial charge is 0.192 e. The van der Waals surface area contributed by atoms with E-state index in [9.17, 15) is 0 Å². The Hall–Kier alpha value is -5.02. The lowest BCUT2D eigenvalue weighted by Crippen LogP contribution is -1.82. The second kappa shape index (κ2) is 13.2. The van der Waals surface area contributed by atoms with Crippen molar-refractivity contribution in [2.24, 2.45) is 0 Å². The Labute approximate surface area is 219 Å². The Bertz CT molecular complexity index is 1430. The number of nitrogens with zero attached hydrogens (tertiary/aromatic N) is 2. The van der Waals surface area contributed by atoms with Crippen molar-refractivity contribution in [2.45, 2.75) is 32.1 Å². The van der Waals surface area contributed by atoms with Crippen molar-refractivity contribution in [1.82, 2.24) is 0 Å². The zero-order valence-corrected chi connectivity index (χ0v) is 20.7. The molecule has 0 atom stereocenters. The lowest BCUT2D eigenvalue weighted by molar-refractivity contribution is 0.709. The van der Waals surface area contributed by atoms with Crippen LogP contribution in [0.3, 0.4) is 0 Å². The average Bonchev–Trinajstić information content (AvgIpc) is 2.97. The van der Waals surface area contributed by atoms with E-state index in [1.54, 1.807) is 0 Å². The van der Waals surface area contributed by atoms with Crippen molar-refractivity contribution >= 4 is 0 Å². The van der Waals surface area contributed by atoms with Crippen LogP contribution in [0.15, 0.2) is 97.1 Å². The van der Waals surface area contributed by atoms with Gasteiger partial charge in [0.2, 0.25) is 0 Å². The first-order valence-corrected chi connectivity index (χ1v) is 12.4. The first-order valence-electron chi connectivity index (χ1n) is 12.4. The van der Waals surface area contributed by atoms with Crippen LogP contribution < -0.4 is 0 Å². The predicted molar refractivity (Wildman–Crippen MR) is 150 cm³/mol. The van der Waals surface area contributed by atoms with Gasteiger partial charge in [-0.25, -0.2) is 0 Å². The molecule has 0 aromatic heterocycles. The standard InChI is InChI=1S/C35H26N2/c36-26-30-12-8-14-34(24-30)32-20-16-28(17-21-32)10-6-4-2-1-3-5-7-11-29-18-22-33(23-19-29)35-15-9-13-31(25-35)27-37/h8-9,12-25H,1-5H2. The highest BCUT2D eigenvalue weighted by atomic mass is 14.2. The van der Waals surface area contributed by atoms with Crippen LogP contribution in [-0.2, 0) is 0 Å². The second-order valence-electron chi connectivity index (χ2n) is 8.70. The van der Waals surface area contributed by atoms with E-state index >= 15 is 0 Å². The Morgan fingerprint density at radius 2 is 0.865 bits per heavy atom. The van der Waals surface area contributed by atoms with Gasteiger partial charge in [-0.05, 0) is 83.6 Å². The molecule has 4 rings (SSSR count). The second-order valence-corrected chi connectivity index (χ2v) is 8.70. The minimum Gasteiger partial charge on any atom is -0.192 e. The Balaban J connectivity index is 1.17. The summed E-state index contributed by atoms with van der Waals surface area (Å²) in [4.78, 5) is 0. The molecular weight excluding hydrogens is 448 g/mol. The molecule has 37 heavy (non-hydrogen) atoms. The number of nitriles is 2. The summed E-state index contributed by atoms with van der Waals surface area (Å²) in [5.74, 6) is 13.0. The van der Waals surface area contributed by atoms with E-state index in [1.807, 2.05) is 72.8 Å². The number of hydrogen-bond donors (Lipinski definition) is 0. The van der Waals surface area contributed by atoms with Gasteiger partial charge in [0, 0.05) is 24.0 Å². The lowest BCUT2D eigenvalue weighted by Gasteiger charge is -2.02. The minimum atomic E-state index is 0.668. The summed E-state index contributed by atoms with van der Waals surface area (Å²) in [5.41, 5.74) is 7.62. The summed E-state index contributed by atoms with van der Waals surface area (Å²) in [6.07, 6.45) is 5.03. The van der Waals surface area contributed by atoms with Gasteiger partial charge in [-0.1, -0.05) is 78.6 Å². The van der Waals surface area contributed by atoms with Crippen molar-refractivity contribution in [3.63, 3.8) is 0 Å². The molecule has 0 aliphatic heterocycles. The quantitative estimate of drug-likeness (QED) is 0.209. The topological polar surface area (TPSA) is 47.6 Å². The van der Waals surface area contributed by atoms with Crippen LogP contribution in [0.25, 0.3) is 22.3 Å². The summed E-state index contributed by atoms with van der Waals surface area (Å²) in [7, 11) is 0. The van der Waals surface area contributed by atoms with Crippen molar-refractivity contribution in [1.29, 1.82) is 10.5 Å². The number of rotatable bonds is 6. The van der Waals surface area contributed by atoms with Gasteiger partial charge in [0.05, 0.1) is 23.3 Å². The number of benzene rings is 4. The van der Waals surface area contributed by atoms with Crippen LogP contribution >= 0.6 is 0 Å². The first kappa shape index (κ1) is 25.1. The van der Waals surface area contributed by atoms with E-state index < -0.39 is 0 Å². The van der Waals surface area contributed by atoms with Crippen molar-refractivity contribution < 1.29 is 0 Å². The molecule has 0 unspecified atom stereocenters. The normalized spacial score (nSPS) is 9.68. The molecule has 176 valence electrons. The number of unbranched alkanes of at least 4 members (excludes halogenated alkanes) is 4. The Morgan fingerprint density at radius 1 is 0.432 bits per heavy atom. The van der Waals surface area contributed by atoms with Crippen LogP contribution in [0.2, 0.25) is 0 Å². The molecule has 4 aromatic carbocycles. The lowest BCUT2D eigenvalue weighted by atomic mass is 10.0. The molecular formula is C35H26N2. The van der Waals surface area contributed by atoms with E-state index in [4.69, 9.17) is 10.5 Å². The van der Waals surface area contributed by atoms with Crippen molar-refractivity contribution in [2.75, 3.05) is 0 Å². The predicted octanol–water partition coefficient (Wildman–Crippen LogP) is 8.12. The number of hydrogen-bond acceptors (Lipinski definition) is 2. The molecule has 0 bridgehead atoms. The van der Waals surface area contributed by atoms with Gasteiger partial charge < -0.3 is 0 Å². The van der Waals surface area contributed by atoms with Gasteiger partial charge in [0.25, 0.3) is 0 Å². The molecule has 2 heteroatoms. The molecule has 0 aliphatic carbocycles. The summed E-state index contributed by atoms with van der Waals surface area (Å²) in [6.45, 7) is 0. The van der Waals surface area contributed by atoms with E-state index in [0.29, 0.717) is 11.1 Å². The van der Waals surface area contributed by atoms with Gasteiger partial charge in [0.15, 0.2) is 0 Å². The third kappa shape index (κ3) is 7.48. The molecule has 4 aromatic rings. The van der Waals surface area contributed by atoms with Crippen LogP contribution in [-0.4, -0.2) is 0 Å². The average molecular weight is 475 g/mol. The SMILES string of the molecule is N#Cc1cccc(-c2ccc(C#CCCCCCC#Cc3ccc(-c4cccc(C#N)c4)cc3)cc2)c1. The molecule has 0 heterocycles. The molecule has 0 aliphatic rings. The molecule has 0 fully saturated rings. The van der Waals surface area contributed by atoms with Crippen LogP contribution in [0.1, 0.15) is 54.4 Å². The Kier molecular flexibility index (Phi) is 8.93. The summed E-state index contributed by atoms with van der Waals surface area (Å²) < 4.78 is 0. The molecule has 0 spiro atoms. The zero-order valence-electron chi connectivity index (χ0n) is 20.7.